The summed E-state index contributed by atoms with van der Waals surface area (Å²) >= 11 is 0. The van der Waals surface area contributed by atoms with Gasteiger partial charge in [-0.25, -0.2) is 9.37 Å². The number of halogens is 1. The van der Waals surface area contributed by atoms with Crippen LogP contribution in [-0.2, 0) is 0 Å². The number of hydrogen-bond acceptors (Lipinski definition) is 7. The van der Waals surface area contributed by atoms with Crippen molar-refractivity contribution in [3.8, 4) is 0 Å². The molecular weight excluding hydrogens is 441 g/mol. The van der Waals surface area contributed by atoms with Crippen LogP contribution in [0.1, 0.15) is 61.8 Å². The van der Waals surface area contributed by atoms with E-state index in [2.05, 4.69) is 40.8 Å². The minimum Gasteiger partial charge on any atom is -0.403 e. The van der Waals surface area contributed by atoms with E-state index in [1.165, 1.54) is 6.20 Å². The molecule has 0 aliphatic carbocycles. The average Bonchev–Trinajstić information content (AvgIpc) is 3.27. The standard InChI is InChI=1S/C22H29FN4.C5H11N3/c1-14(2)18-8-7-16(12-19(18)23)22(17-9-10-25-21(24)13-17)26-15(3)20-6-5-11-27(20)4;1-2-3-5(4-6)8-7/h7-10,12-14,20,22,26H,3,5-6,11H2,1-2,4H3,(H2,24,25);2,4,8H,1,3,6-7H2/b;5-4-. The molecule has 1 aromatic carbocycles. The summed E-state index contributed by atoms with van der Waals surface area (Å²) in [6.07, 6.45) is 7.75. The Morgan fingerprint density at radius 1 is 1.29 bits per heavy atom. The molecule has 3 rings (SSSR count). The monoisotopic (exact) mass is 481 g/mol. The Hall–Kier alpha value is -3.36. The summed E-state index contributed by atoms with van der Waals surface area (Å²) in [4.78, 5) is 6.39. The van der Waals surface area contributed by atoms with Crippen LogP contribution in [0.15, 0.2) is 73.4 Å². The largest absolute Gasteiger partial charge is 0.403 e. The second-order valence-electron chi connectivity index (χ2n) is 9.02. The molecule has 2 aromatic rings. The van der Waals surface area contributed by atoms with E-state index >= 15 is 0 Å². The van der Waals surface area contributed by atoms with Gasteiger partial charge in [-0.15, -0.1) is 6.58 Å². The van der Waals surface area contributed by atoms with Crippen molar-refractivity contribution in [2.75, 3.05) is 19.3 Å². The van der Waals surface area contributed by atoms with E-state index in [4.69, 9.17) is 17.3 Å². The van der Waals surface area contributed by atoms with Crippen molar-refractivity contribution in [3.63, 3.8) is 0 Å². The molecule has 0 amide bonds. The molecule has 1 saturated heterocycles. The summed E-state index contributed by atoms with van der Waals surface area (Å²) in [7, 11) is 2.11. The minimum absolute atomic E-state index is 0.143. The van der Waals surface area contributed by atoms with Gasteiger partial charge in [-0.1, -0.05) is 38.6 Å². The number of pyridine rings is 1. The van der Waals surface area contributed by atoms with Crippen molar-refractivity contribution in [2.45, 2.75) is 51.1 Å². The highest BCUT2D eigenvalue weighted by Crippen LogP contribution is 2.29. The van der Waals surface area contributed by atoms with Crippen molar-refractivity contribution < 1.29 is 4.39 Å². The van der Waals surface area contributed by atoms with E-state index in [9.17, 15) is 4.39 Å². The number of aromatic nitrogens is 1. The number of nitrogen functional groups attached to an aromatic ring is 1. The summed E-state index contributed by atoms with van der Waals surface area (Å²) in [5, 5.41) is 3.54. The van der Waals surface area contributed by atoms with Gasteiger partial charge in [0.05, 0.1) is 6.04 Å². The van der Waals surface area contributed by atoms with Gasteiger partial charge in [0.15, 0.2) is 0 Å². The average molecular weight is 482 g/mol. The Balaban J connectivity index is 0.000000466. The molecule has 0 saturated carbocycles. The zero-order valence-electron chi connectivity index (χ0n) is 21.1. The molecule has 35 heavy (non-hydrogen) atoms. The lowest BCUT2D eigenvalue weighted by Crippen LogP contribution is -2.35. The lowest BCUT2D eigenvalue weighted by molar-refractivity contribution is 0.331. The quantitative estimate of drug-likeness (QED) is 0.208. The van der Waals surface area contributed by atoms with Gasteiger partial charge >= 0.3 is 0 Å². The maximum absolute atomic E-state index is 14.7. The van der Waals surface area contributed by atoms with Gasteiger partial charge in [0.2, 0.25) is 0 Å². The molecule has 1 aliphatic rings. The zero-order valence-corrected chi connectivity index (χ0v) is 21.1. The van der Waals surface area contributed by atoms with Crippen molar-refractivity contribution in [3.05, 3.63) is 95.9 Å². The Morgan fingerprint density at radius 3 is 2.49 bits per heavy atom. The molecule has 7 nitrogen and oxygen atoms in total. The molecule has 2 heterocycles. The van der Waals surface area contributed by atoms with E-state index in [0.29, 0.717) is 12.2 Å². The number of anilines is 1. The van der Waals surface area contributed by atoms with E-state index < -0.39 is 0 Å². The smallest absolute Gasteiger partial charge is 0.127 e. The first-order chi connectivity index (χ1) is 16.7. The second kappa shape index (κ2) is 13.5. The van der Waals surface area contributed by atoms with Crippen molar-refractivity contribution in [1.29, 1.82) is 0 Å². The highest BCUT2D eigenvalue weighted by Gasteiger charge is 2.26. The second-order valence-corrected chi connectivity index (χ2v) is 9.02. The number of likely N-dealkylation sites (N-methyl/N-ethyl adjacent to an activating group) is 1. The third-order valence-electron chi connectivity index (χ3n) is 6.12. The number of likely N-dealkylation sites (tertiary alicyclic amines) is 1. The Bertz CT molecular complexity index is 1020. The first-order valence-electron chi connectivity index (χ1n) is 11.9. The van der Waals surface area contributed by atoms with E-state index in [1.54, 1.807) is 18.3 Å². The highest BCUT2D eigenvalue weighted by atomic mass is 19.1. The molecule has 1 aromatic heterocycles. The Kier molecular flexibility index (Phi) is 10.8. The first kappa shape index (κ1) is 27.9. The number of nitrogens with two attached hydrogens (primary N) is 3. The van der Waals surface area contributed by atoms with Crippen molar-refractivity contribution >= 4 is 5.82 Å². The third-order valence-corrected chi connectivity index (χ3v) is 6.12. The number of hydrazine groups is 1. The maximum Gasteiger partial charge on any atom is 0.127 e. The molecule has 0 spiro atoms. The van der Waals surface area contributed by atoms with Crippen molar-refractivity contribution in [1.82, 2.24) is 20.6 Å². The molecule has 8 N–H and O–H groups in total. The molecule has 2 atom stereocenters. The van der Waals surface area contributed by atoms with E-state index in [0.717, 1.165) is 47.5 Å². The van der Waals surface area contributed by atoms with Gasteiger partial charge in [-0.05, 0) is 67.2 Å². The molecule has 1 fully saturated rings. The predicted octanol–water partition coefficient (Wildman–Crippen LogP) is 4.04. The lowest BCUT2D eigenvalue weighted by Gasteiger charge is -2.28. The van der Waals surface area contributed by atoms with Gasteiger partial charge in [0, 0.05) is 36.3 Å². The molecule has 0 radical (unpaired) electrons. The minimum atomic E-state index is -0.229. The molecule has 8 heteroatoms. The van der Waals surface area contributed by atoms with Crippen LogP contribution >= 0.6 is 0 Å². The Morgan fingerprint density at radius 2 is 2.00 bits per heavy atom. The number of allylic oxidation sites excluding steroid dienone is 1. The molecule has 0 bridgehead atoms. The summed E-state index contributed by atoms with van der Waals surface area (Å²) in [5.41, 5.74) is 17.7. The van der Waals surface area contributed by atoms with Crippen LogP contribution in [0.25, 0.3) is 0 Å². The highest BCUT2D eigenvalue weighted by molar-refractivity contribution is 5.40. The van der Waals surface area contributed by atoms with Gasteiger partial charge in [-0.2, -0.15) is 0 Å². The number of rotatable bonds is 9. The van der Waals surface area contributed by atoms with Crippen LogP contribution in [0.2, 0.25) is 0 Å². The zero-order chi connectivity index (χ0) is 26.0. The number of nitrogens with zero attached hydrogens (tertiary/aromatic N) is 2. The van der Waals surface area contributed by atoms with Crippen LogP contribution in [0.5, 0.6) is 0 Å². The van der Waals surface area contributed by atoms with Gasteiger partial charge < -0.3 is 22.2 Å². The SMILES string of the molecule is C=C(NC(c1ccnc(N)c1)c1ccc(C(C)C)c(F)c1)C1CCCN1C.C=CC/C(=C/N)NN. The fraction of sp³-hybridized carbons (Fsp3) is 0.370. The topological polar surface area (TPSA) is 118 Å². The predicted molar refractivity (Wildman–Crippen MR) is 143 cm³/mol. The normalized spacial score (nSPS) is 16.9. The summed E-state index contributed by atoms with van der Waals surface area (Å²) < 4.78 is 14.7. The molecule has 1 aliphatic heterocycles. The number of nitrogens with one attached hydrogen (secondary N) is 2. The molecule has 190 valence electrons. The van der Waals surface area contributed by atoms with Crippen LogP contribution in [0.3, 0.4) is 0 Å². The summed E-state index contributed by atoms with van der Waals surface area (Å²) in [6, 6.07) is 9.27. The van der Waals surface area contributed by atoms with E-state index in [1.807, 2.05) is 38.1 Å². The molecule has 2 unspecified atom stereocenters. The van der Waals surface area contributed by atoms with Gasteiger partial charge in [0.1, 0.15) is 11.6 Å². The van der Waals surface area contributed by atoms with Crippen LogP contribution in [0.4, 0.5) is 10.2 Å². The maximum atomic E-state index is 14.7. The Labute approximate surface area is 208 Å². The van der Waals surface area contributed by atoms with Gasteiger partial charge in [0.25, 0.3) is 0 Å². The lowest BCUT2D eigenvalue weighted by atomic mass is 9.94. The number of benzene rings is 1. The van der Waals surface area contributed by atoms with E-state index in [-0.39, 0.29) is 23.8 Å². The fourth-order valence-corrected chi connectivity index (χ4v) is 4.16. The third kappa shape index (κ3) is 7.83. The fourth-order valence-electron chi connectivity index (χ4n) is 4.16. The van der Waals surface area contributed by atoms with Gasteiger partial charge in [-0.3, -0.25) is 10.7 Å². The van der Waals surface area contributed by atoms with Crippen LogP contribution < -0.4 is 28.1 Å². The summed E-state index contributed by atoms with van der Waals surface area (Å²) in [6.45, 7) is 12.8. The van der Waals surface area contributed by atoms with Crippen LogP contribution in [-0.4, -0.2) is 29.5 Å². The number of hydrogen-bond donors (Lipinski definition) is 5. The van der Waals surface area contributed by atoms with Crippen LogP contribution in [0, 0.1) is 5.82 Å². The van der Waals surface area contributed by atoms with Crippen molar-refractivity contribution in [2.24, 2.45) is 11.6 Å². The summed E-state index contributed by atoms with van der Waals surface area (Å²) in [5.74, 6) is 5.43. The molecular formula is C27H40FN7. The first-order valence-corrected chi connectivity index (χ1v) is 11.9.